The highest BCUT2D eigenvalue weighted by atomic mass is 32.2. The zero-order valence-electron chi connectivity index (χ0n) is 11.2. The maximum absolute atomic E-state index is 13.3. The van der Waals surface area contributed by atoms with Gasteiger partial charge in [-0.3, -0.25) is 4.79 Å². The minimum Gasteiger partial charge on any atom is -0.310 e. The Morgan fingerprint density at radius 2 is 2.29 bits per heavy atom. The van der Waals surface area contributed by atoms with Crippen molar-refractivity contribution in [2.24, 2.45) is 0 Å². The van der Waals surface area contributed by atoms with E-state index in [-0.39, 0.29) is 17.0 Å². The Hall–Kier alpha value is -1.47. The SMILES string of the molecule is O=C(Nc1ccnn1-c1cccc(F)c1)C1CSCCS1. The first kappa shape index (κ1) is 14.5. The average Bonchev–Trinajstić information content (AvgIpc) is 2.96. The van der Waals surface area contributed by atoms with E-state index in [1.807, 2.05) is 0 Å². The van der Waals surface area contributed by atoms with Gasteiger partial charge in [-0.15, -0.1) is 11.8 Å². The predicted octanol–water partition coefficient (Wildman–Crippen LogP) is 2.80. The molecule has 0 aliphatic carbocycles. The van der Waals surface area contributed by atoms with Crippen LogP contribution in [0, 0.1) is 5.82 Å². The standard InChI is InChI=1S/C14H14FN3OS2/c15-10-2-1-3-11(8-10)18-13(4-5-16-18)17-14(19)12-9-20-6-7-21-12/h1-5,8,12H,6-7,9H2,(H,17,19). The van der Waals surface area contributed by atoms with Gasteiger partial charge in [-0.25, -0.2) is 9.07 Å². The van der Waals surface area contributed by atoms with E-state index in [1.165, 1.54) is 16.8 Å². The topological polar surface area (TPSA) is 46.9 Å². The van der Waals surface area contributed by atoms with Crippen LogP contribution in [-0.4, -0.2) is 38.2 Å². The van der Waals surface area contributed by atoms with Crippen LogP contribution in [0.2, 0.25) is 0 Å². The molecule has 0 spiro atoms. The second-order valence-corrected chi connectivity index (χ2v) is 6.99. The van der Waals surface area contributed by atoms with E-state index >= 15 is 0 Å². The van der Waals surface area contributed by atoms with Crippen molar-refractivity contribution in [2.75, 3.05) is 22.6 Å². The van der Waals surface area contributed by atoms with Gasteiger partial charge in [0.15, 0.2) is 0 Å². The van der Waals surface area contributed by atoms with E-state index in [1.54, 1.807) is 47.9 Å². The number of anilines is 1. The van der Waals surface area contributed by atoms with Crippen LogP contribution in [0.25, 0.3) is 5.69 Å². The van der Waals surface area contributed by atoms with Gasteiger partial charge in [0, 0.05) is 23.3 Å². The smallest absolute Gasteiger partial charge is 0.239 e. The van der Waals surface area contributed by atoms with E-state index in [0.29, 0.717) is 11.5 Å². The number of thioether (sulfide) groups is 2. The van der Waals surface area contributed by atoms with Crippen LogP contribution in [0.3, 0.4) is 0 Å². The molecule has 3 rings (SSSR count). The number of amides is 1. The molecule has 1 aliphatic heterocycles. The Morgan fingerprint density at radius 3 is 3.05 bits per heavy atom. The molecule has 1 unspecified atom stereocenters. The van der Waals surface area contributed by atoms with Crippen molar-refractivity contribution in [3.63, 3.8) is 0 Å². The molecule has 2 aromatic rings. The molecule has 7 heteroatoms. The molecule has 4 nitrogen and oxygen atoms in total. The van der Waals surface area contributed by atoms with Gasteiger partial charge in [0.1, 0.15) is 11.6 Å². The lowest BCUT2D eigenvalue weighted by molar-refractivity contribution is -0.115. The highest BCUT2D eigenvalue weighted by Gasteiger charge is 2.23. The van der Waals surface area contributed by atoms with Crippen molar-refractivity contribution >= 4 is 35.2 Å². The Kier molecular flexibility index (Phi) is 4.50. The minimum absolute atomic E-state index is 0.0228. The molecule has 1 saturated heterocycles. The number of aromatic nitrogens is 2. The number of benzene rings is 1. The van der Waals surface area contributed by atoms with Gasteiger partial charge < -0.3 is 5.32 Å². The third-order valence-electron chi connectivity index (χ3n) is 3.06. The first-order valence-corrected chi connectivity index (χ1v) is 8.74. The summed E-state index contributed by atoms with van der Waals surface area (Å²) in [6.07, 6.45) is 1.59. The van der Waals surface area contributed by atoms with Crippen LogP contribution in [0.1, 0.15) is 0 Å². The van der Waals surface area contributed by atoms with Crippen molar-refractivity contribution in [1.82, 2.24) is 9.78 Å². The van der Waals surface area contributed by atoms with Crippen LogP contribution in [0.5, 0.6) is 0 Å². The summed E-state index contributed by atoms with van der Waals surface area (Å²) in [5, 5.41) is 6.99. The Morgan fingerprint density at radius 1 is 1.38 bits per heavy atom. The van der Waals surface area contributed by atoms with Crippen LogP contribution in [-0.2, 0) is 4.79 Å². The molecule has 1 amide bonds. The molecule has 0 bridgehead atoms. The van der Waals surface area contributed by atoms with Crippen molar-refractivity contribution < 1.29 is 9.18 Å². The molecule has 1 aromatic carbocycles. The third-order valence-corrected chi connectivity index (χ3v) is 5.81. The molecule has 1 fully saturated rings. The summed E-state index contributed by atoms with van der Waals surface area (Å²) in [5.74, 6) is 3.11. The lowest BCUT2D eigenvalue weighted by atomic mass is 10.3. The zero-order valence-corrected chi connectivity index (χ0v) is 12.8. The summed E-state index contributed by atoms with van der Waals surface area (Å²) < 4.78 is 14.8. The average molecular weight is 323 g/mol. The predicted molar refractivity (Wildman–Crippen MR) is 85.7 cm³/mol. The number of nitrogens with zero attached hydrogens (tertiary/aromatic N) is 2. The molecule has 110 valence electrons. The fourth-order valence-electron chi connectivity index (χ4n) is 2.06. The lowest BCUT2D eigenvalue weighted by Gasteiger charge is -2.20. The van der Waals surface area contributed by atoms with Crippen molar-refractivity contribution in [3.8, 4) is 5.69 Å². The number of carbonyl (C=O) groups excluding carboxylic acids is 1. The number of carbonyl (C=O) groups is 1. The first-order chi connectivity index (χ1) is 10.2. The van der Waals surface area contributed by atoms with Gasteiger partial charge in [0.2, 0.25) is 5.91 Å². The van der Waals surface area contributed by atoms with Gasteiger partial charge in [-0.2, -0.15) is 16.9 Å². The second-order valence-electron chi connectivity index (χ2n) is 4.53. The van der Waals surface area contributed by atoms with Crippen LogP contribution in [0.15, 0.2) is 36.5 Å². The van der Waals surface area contributed by atoms with Gasteiger partial charge in [-0.1, -0.05) is 6.07 Å². The van der Waals surface area contributed by atoms with E-state index < -0.39 is 0 Å². The van der Waals surface area contributed by atoms with Gasteiger partial charge >= 0.3 is 0 Å². The minimum atomic E-state index is -0.334. The zero-order chi connectivity index (χ0) is 14.7. The maximum Gasteiger partial charge on any atom is 0.239 e. The van der Waals surface area contributed by atoms with E-state index in [2.05, 4.69) is 10.4 Å². The highest BCUT2D eigenvalue weighted by molar-refractivity contribution is 8.07. The van der Waals surface area contributed by atoms with Crippen molar-refractivity contribution in [1.29, 1.82) is 0 Å². The summed E-state index contributed by atoms with van der Waals surface area (Å²) in [4.78, 5) is 12.3. The van der Waals surface area contributed by atoms with Crippen LogP contribution >= 0.6 is 23.5 Å². The fraction of sp³-hybridized carbons (Fsp3) is 0.286. The highest BCUT2D eigenvalue weighted by Crippen LogP contribution is 2.25. The summed E-state index contributed by atoms with van der Waals surface area (Å²) in [6.45, 7) is 0. The monoisotopic (exact) mass is 323 g/mol. The van der Waals surface area contributed by atoms with Crippen LogP contribution < -0.4 is 5.32 Å². The normalized spacial score (nSPS) is 18.4. The molecule has 1 aromatic heterocycles. The number of nitrogens with one attached hydrogen (secondary N) is 1. The summed E-state index contributed by atoms with van der Waals surface area (Å²) in [7, 11) is 0. The van der Waals surface area contributed by atoms with Gasteiger partial charge in [-0.05, 0) is 18.2 Å². The molecule has 2 heterocycles. The first-order valence-electron chi connectivity index (χ1n) is 6.54. The molecule has 0 saturated carbocycles. The molecule has 1 N–H and O–H groups in total. The lowest BCUT2D eigenvalue weighted by Crippen LogP contribution is -2.30. The van der Waals surface area contributed by atoms with Gasteiger partial charge in [0.25, 0.3) is 0 Å². The molecule has 0 radical (unpaired) electrons. The molecular formula is C14H14FN3OS2. The fourth-order valence-corrected chi connectivity index (χ4v) is 4.61. The second kappa shape index (κ2) is 6.53. The maximum atomic E-state index is 13.3. The van der Waals surface area contributed by atoms with E-state index in [9.17, 15) is 9.18 Å². The largest absolute Gasteiger partial charge is 0.310 e. The quantitative estimate of drug-likeness (QED) is 0.943. The van der Waals surface area contributed by atoms with E-state index in [4.69, 9.17) is 0 Å². The van der Waals surface area contributed by atoms with E-state index in [0.717, 1.165) is 17.3 Å². The number of halogens is 1. The van der Waals surface area contributed by atoms with Crippen molar-refractivity contribution in [3.05, 3.63) is 42.3 Å². The number of hydrogen-bond acceptors (Lipinski definition) is 4. The number of rotatable bonds is 3. The Labute approximate surface area is 130 Å². The summed E-state index contributed by atoms with van der Waals surface area (Å²) in [5.41, 5.74) is 0.584. The molecule has 1 aliphatic rings. The Bertz CT molecular complexity index is 641. The molecular weight excluding hydrogens is 309 g/mol. The molecule has 1 atom stereocenters. The number of hydrogen-bond donors (Lipinski definition) is 1. The van der Waals surface area contributed by atoms with Crippen LogP contribution in [0.4, 0.5) is 10.2 Å². The third kappa shape index (κ3) is 3.41. The molecule has 21 heavy (non-hydrogen) atoms. The van der Waals surface area contributed by atoms with Crippen molar-refractivity contribution in [2.45, 2.75) is 5.25 Å². The summed E-state index contributed by atoms with van der Waals surface area (Å²) in [6, 6.07) is 7.83. The van der Waals surface area contributed by atoms with Gasteiger partial charge in [0.05, 0.1) is 17.1 Å². The summed E-state index contributed by atoms with van der Waals surface area (Å²) >= 11 is 3.47. The Balaban J connectivity index is 1.78.